The average Bonchev–Trinajstić information content (AvgIpc) is 3.45. The number of nitrogens with one attached hydrogen (secondary N) is 2. The first-order valence-corrected chi connectivity index (χ1v) is 9.19. The fourth-order valence-electron chi connectivity index (χ4n) is 2.46. The summed E-state index contributed by atoms with van der Waals surface area (Å²) < 4.78 is 31.1. The molecule has 1 fully saturated rings. The normalized spacial score (nSPS) is 13.3. The molecular formula is C18H16BrF2N3O4. The Labute approximate surface area is 167 Å². The molecule has 2 N–H and O–H groups in total. The second-order valence-corrected chi connectivity index (χ2v) is 7.12. The lowest BCUT2D eigenvalue weighted by molar-refractivity contribution is -0.384. The number of hydrogen-bond acceptors (Lipinski definition) is 5. The monoisotopic (exact) mass is 455 g/mol. The minimum atomic E-state index is -2.75. The number of nitro groups is 1. The second-order valence-electron chi connectivity index (χ2n) is 6.20. The minimum Gasteiger partial charge on any atom is -0.487 e. The van der Waals surface area contributed by atoms with Crippen molar-refractivity contribution in [3.8, 4) is 5.75 Å². The first kappa shape index (κ1) is 20.0. The van der Waals surface area contributed by atoms with Crippen LogP contribution >= 0.6 is 15.9 Å². The van der Waals surface area contributed by atoms with Crippen molar-refractivity contribution < 1.29 is 23.2 Å². The molecule has 10 heteroatoms. The van der Waals surface area contributed by atoms with Gasteiger partial charge in [-0.05, 0) is 37.1 Å². The van der Waals surface area contributed by atoms with Gasteiger partial charge in [0.15, 0.2) is 0 Å². The third-order valence-electron chi connectivity index (χ3n) is 3.94. The minimum absolute atomic E-state index is 0.0871. The quantitative estimate of drug-likeness (QED) is 0.439. The molecule has 148 valence electrons. The molecule has 1 aliphatic carbocycles. The number of hydrogen-bond donors (Lipinski definition) is 2. The summed E-state index contributed by atoms with van der Waals surface area (Å²) in [5.74, 6) is -0.851. The molecule has 0 aliphatic heterocycles. The number of anilines is 2. The zero-order valence-corrected chi connectivity index (χ0v) is 16.0. The van der Waals surface area contributed by atoms with E-state index in [0.29, 0.717) is 5.69 Å². The largest absolute Gasteiger partial charge is 0.487 e. The molecule has 0 aromatic heterocycles. The van der Waals surface area contributed by atoms with Crippen molar-refractivity contribution in [3.63, 3.8) is 0 Å². The Morgan fingerprint density at radius 2 is 1.96 bits per heavy atom. The summed E-state index contributed by atoms with van der Waals surface area (Å²) in [6.45, 7) is -0.931. The van der Waals surface area contributed by atoms with E-state index in [1.54, 1.807) is 24.3 Å². The van der Waals surface area contributed by atoms with Crippen LogP contribution in [0.15, 0.2) is 40.9 Å². The smallest absolute Gasteiger partial charge is 0.293 e. The van der Waals surface area contributed by atoms with E-state index >= 15 is 0 Å². The summed E-state index contributed by atoms with van der Waals surface area (Å²) in [7, 11) is 0. The number of carbonyl (C=O) groups excluding carboxylic acids is 1. The van der Waals surface area contributed by atoms with Crippen molar-refractivity contribution in [2.75, 3.05) is 17.2 Å². The third kappa shape index (κ3) is 5.16. The summed E-state index contributed by atoms with van der Waals surface area (Å²) in [6.07, 6.45) is -1.04. The number of ether oxygens (including phenoxy) is 1. The fraction of sp³-hybridized carbons (Fsp3) is 0.278. The van der Waals surface area contributed by atoms with Gasteiger partial charge in [0, 0.05) is 28.3 Å². The molecule has 0 heterocycles. The number of alkyl halides is 2. The summed E-state index contributed by atoms with van der Waals surface area (Å²) in [6, 6.07) is 9.01. The molecule has 0 radical (unpaired) electrons. The van der Waals surface area contributed by atoms with Crippen LogP contribution in [0.4, 0.5) is 25.8 Å². The van der Waals surface area contributed by atoms with Crippen molar-refractivity contribution in [2.24, 2.45) is 0 Å². The molecule has 28 heavy (non-hydrogen) atoms. The van der Waals surface area contributed by atoms with Crippen LogP contribution in [0.2, 0.25) is 0 Å². The first-order valence-electron chi connectivity index (χ1n) is 8.40. The van der Waals surface area contributed by atoms with Crippen LogP contribution in [0.1, 0.15) is 23.2 Å². The number of nitro benzene ring substituents is 1. The van der Waals surface area contributed by atoms with Gasteiger partial charge in [-0.2, -0.15) is 0 Å². The Morgan fingerprint density at radius 1 is 1.29 bits per heavy atom. The van der Waals surface area contributed by atoms with Gasteiger partial charge >= 0.3 is 0 Å². The van der Waals surface area contributed by atoms with E-state index in [4.69, 9.17) is 4.74 Å². The van der Waals surface area contributed by atoms with Crippen LogP contribution in [-0.4, -0.2) is 29.9 Å². The molecule has 1 amide bonds. The van der Waals surface area contributed by atoms with Gasteiger partial charge in [0.05, 0.1) is 10.5 Å². The Kier molecular flexibility index (Phi) is 6.08. The van der Waals surface area contributed by atoms with Gasteiger partial charge in [0.25, 0.3) is 18.0 Å². The van der Waals surface area contributed by atoms with E-state index in [1.807, 2.05) is 0 Å². The van der Waals surface area contributed by atoms with E-state index in [1.165, 1.54) is 6.07 Å². The standard InChI is InChI=1S/C18H16BrF2N3O4/c19-10-1-3-12(4-2-10)23-18(25)13-7-15(24(26)27)14(22-11-5-6-11)8-16(13)28-9-17(20)21/h1-4,7-8,11,17,22H,5-6,9H2,(H,23,25). The van der Waals surface area contributed by atoms with Gasteiger partial charge in [0.2, 0.25) is 0 Å². The van der Waals surface area contributed by atoms with Crippen LogP contribution in [0, 0.1) is 10.1 Å². The van der Waals surface area contributed by atoms with Crippen LogP contribution < -0.4 is 15.4 Å². The highest BCUT2D eigenvalue weighted by molar-refractivity contribution is 9.10. The van der Waals surface area contributed by atoms with E-state index in [9.17, 15) is 23.7 Å². The topological polar surface area (TPSA) is 93.5 Å². The number of carbonyl (C=O) groups is 1. The Morgan fingerprint density at radius 3 is 2.54 bits per heavy atom. The SMILES string of the molecule is O=C(Nc1ccc(Br)cc1)c1cc([N+](=O)[O-])c(NC2CC2)cc1OCC(F)F. The Bertz CT molecular complexity index is 889. The summed E-state index contributed by atoms with van der Waals surface area (Å²) >= 11 is 3.27. The van der Waals surface area contributed by atoms with Crippen molar-refractivity contribution in [3.05, 3.63) is 56.5 Å². The number of amides is 1. The summed E-state index contributed by atoms with van der Waals surface area (Å²) in [4.78, 5) is 23.5. The molecule has 0 saturated heterocycles. The van der Waals surface area contributed by atoms with E-state index in [-0.39, 0.29) is 28.7 Å². The molecule has 0 spiro atoms. The second kappa shape index (κ2) is 8.51. The number of halogens is 3. The zero-order chi connectivity index (χ0) is 20.3. The van der Waals surface area contributed by atoms with Crippen LogP contribution in [0.5, 0.6) is 5.75 Å². The highest BCUT2D eigenvalue weighted by Crippen LogP contribution is 2.36. The van der Waals surface area contributed by atoms with Crippen molar-refractivity contribution in [1.29, 1.82) is 0 Å². The van der Waals surface area contributed by atoms with Gasteiger partial charge in [-0.25, -0.2) is 8.78 Å². The van der Waals surface area contributed by atoms with Crippen molar-refractivity contribution in [1.82, 2.24) is 0 Å². The average molecular weight is 456 g/mol. The van der Waals surface area contributed by atoms with E-state index < -0.39 is 23.9 Å². The van der Waals surface area contributed by atoms with Crippen LogP contribution in [0.3, 0.4) is 0 Å². The van der Waals surface area contributed by atoms with Gasteiger partial charge in [-0.15, -0.1) is 0 Å². The first-order chi connectivity index (χ1) is 13.3. The van der Waals surface area contributed by atoms with E-state index in [2.05, 4.69) is 26.6 Å². The van der Waals surface area contributed by atoms with Gasteiger partial charge in [-0.1, -0.05) is 15.9 Å². The number of nitrogens with zero attached hydrogens (tertiary/aromatic N) is 1. The Balaban J connectivity index is 1.95. The maximum absolute atomic E-state index is 12.7. The van der Waals surface area contributed by atoms with Crippen LogP contribution in [0.25, 0.3) is 0 Å². The molecule has 0 bridgehead atoms. The predicted octanol–water partition coefficient (Wildman–Crippen LogP) is 4.83. The molecule has 2 aromatic rings. The van der Waals surface area contributed by atoms with Crippen molar-refractivity contribution in [2.45, 2.75) is 25.3 Å². The molecule has 0 unspecified atom stereocenters. The lowest BCUT2D eigenvalue weighted by atomic mass is 10.1. The maximum atomic E-state index is 12.7. The molecule has 1 aliphatic rings. The summed E-state index contributed by atoms with van der Waals surface area (Å²) in [5, 5.41) is 17.0. The molecule has 2 aromatic carbocycles. The summed E-state index contributed by atoms with van der Waals surface area (Å²) in [5.41, 5.74) is 0.0571. The van der Waals surface area contributed by atoms with Gasteiger partial charge in [0.1, 0.15) is 18.0 Å². The lowest BCUT2D eigenvalue weighted by Gasteiger charge is -2.14. The predicted molar refractivity (Wildman–Crippen MR) is 103 cm³/mol. The number of rotatable bonds is 8. The van der Waals surface area contributed by atoms with Gasteiger partial charge in [-0.3, -0.25) is 14.9 Å². The number of benzene rings is 2. The Hall–Kier alpha value is -2.75. The van der Waals surface area contributed by atoms with Crippen LogP contribution in [-0.2, 0) is 0 Å². The molecule has 1 saturated carbocycles. The third-order valence-corrected chi connectivity index (χ3v) is 4.47. The highest BCUT2D eigenvalue weighted by Gasteiger charge is 2.28. The lowest BCUT2D eigenvalue weighted by Crippen LogP contribution is -2.17. The maximum Gasteiger partial charge on any atom is 0.293 e. The fourth-order valence-corrected chi connectivity index (χ4v) is 2.73. The molecule has 7 nitrogen and oxygen atoms in total. The zero-order valence-electron chi connectivity index (χ0n) is 14.5. The van der Waals surface area contributed by atoms with E-state index in [0.717, 1.165) is 23.4 Å². The van der Waals surface area contributed by atoms with Crippen molar-refractivity contribution >= 4 is 38.9 Å². The van der Waals surface area contributed by atoms with Gasteiger partial charge < -0.3 is 15.4 Å². The highest BCUT2D eigenvalue weighted by atomic mass is 79.9. The molecule has 3 rings (SSSR count). The molecule has 0 atom stereocenters. The molecular weight excluding hydrogens is 440 g/mol.